The number of H-pyrrole nitrogens is 1. The van der Waals surface area contributed by atoms with Crippen molar-refractivity contribution in [1.82, 2.24) is 20.5 Å². The summed E-state index contributed by atoms with van der Waals surface area (Å²) >= 11 is 0. The van der Waals surface area contributed by atoms with E-state index in [1.165, 1.54) is 0 Å². The molecule has 0 aromatic carbocycles. The molecule has 0 unspecified atom stereocenters. The Kier molecular flexibility index (Phi) is 1.90. The van der Waals surface area contributed by atoms with Crippen LogP contribution in [0.3, 0.4) is 0 Å². The molecule has 0 spiro atoms. The fourth-order valence-corrected chi connectivity index (χ4v) is 0.547. The summed E-state index contributed by atoms with van der Waals surface area (Å²) in [6.45, 7) is 0. The summed E-state index contributed by atoms with van der Waals surface area (Å²) in [6.07, 6.45) is 0. The lowest BCUT2D eigenvalue weighted by Gasteiger charge is -1.93. The van der Waals surface area contributed by atoms with Gasteiger partial charge in [-0.25, -0.2) is 4.79 Å². The summed E-state index contributed by atoms with van der Waals surface area (Å²) in [6, 6.07) is -0.963. The molecular weight excluding hydrogens is 164 g/mol. The van der Waals surface area contributed by atoms with Gasteiger partial charge in [0.05, 0.1) is 0 Å². The molecule has 0 aliphatic heterocycles. The van der Waals surface area contributed by atoms with E-state index in [2.05, 4.69) is 20.9 Å². The van der Waals surface area contributed by atoms with Crippen molar-refractivity contribution in [2.75, 3.05) is 5.73 Å². The molecule has 64 valence electrons. The van der Waals surface area contributed by atoms with Gasteiger partial charge < -0.3 is 11.5 Å². The number of nitrogens with one attached hydrogen (secondary N) is 2. The standard InChI is InChI=1S/C4H6N6O2/c5-3-7-1(9-10-3)2(11)8-4(6)12/h(H3,5,7,9,10)(H3,6,8,11,12). The van der Waals surface area contributed by atoms with Crippen LogP contribution in [0.4, 0.5) is 10.7 Å². The van der Waals surface area contributed by atoms with Gasteiger partial charge in [-0.2, -0.15) is 4.98 Å². The quantitative estimate of drug-likeness (QED) is 0.393. The highest BCUT2D eigenvalue weighted by Gasteiger charge is 2.11. The first-order valence-electron chi connectivity index (χ1n) is 2.88. The van der Waals surface area contributed by atoms with Gasteiger partial charge in [-0.1, -0.05) is 0 Å². The highest BCUT2D eigenvalue weighted by atomic mass is 16.2. The zero-order valence-corrected chi connectivity index (χ0v) is 5.87. The van der Waals surface area contributed by atoms with Crippen molar-refractivity contribution in [1.29, 1.82) is 0 Å². The van der Waals surface area contributed by atoms with Crippen LogP contribution < -0.4 is 16.8 Å². The smallest absolute Gasteiger partial charge is 0.319 e. The molecule has 1 aromatic rings. The van der Waals surface area contributed by atoms with Crippen LogP contribution in [0, 0.1) is 0 Å². The molecule has 1 heterocycles. The van der Waals surface area contributed by atoms with Crippen LogP contribution >= 0.6 is 0 Å². The minimum atomic E-state index is -0.963. The Morgan fingerprint density at radius 1 is 1.50 bits per heavy atom. The number of nitrogens with two attached hydrogens (primary N) is 2. The van der Waals surface area contributed by atoms with Crippen LogP contribution in [0.1, 0.15) is 10.6 Å². The third-order valence-electron chi connectivity index (χ3n) is 0.955. The Labute approximate surface area is 66.3 Å². The molecular formula is C4H6N6O2. The van der Waals surface area contributed by atoms with Crippen LogP contribution in [0.25, 0.3) is 0 Å². The van der Waals surface area contributed by atoms with Crippen molar-refractivity contribution in [3.8, 4) is 0 Å². The first-order chi connectivity index (χ1) is 5.59. The molecule has 3 amide bonds. The fraction of sp³-hybridized carbons (Fsp3) is 0. The number of aromatic amines is 1. The van der Waals surface area contributed by atoms with E-state index in [1.807, 2.05) is 0 Å². The van der Waals surface area contributed by atoms with Crippen LogP contribution in [0.15, 0.2) is 0 Å². The Bertz CT molecular complexity index is 317. The zero-order valence-electron chi connectivity index (χ0n) is 5.87. The van der Waals surface area contributed by atoms with Gasteiger partial charge in [-0.05, 0) is 0 Å². The predicted octanol–water partition coefficient (Wildman–Crippen LogP) is -1.80. The number of anilines is 1. The molecule has 0 fully saturated rings. The molecule has 0 aliphatic carbocycles. The Morgan fingerprint density at radius 2 is 2.17 bits per heavy atom. The molecule has 0 bridgehead atoms. The Balaban J connectivity index is 2.72. The van der Waals surface area contributed by atoms with E-state index in [0.717, 1.165) is 0 Å². The maximum atomic E-state index is 10.9. The average Bonchev–Trinajstić information content (AvgIpc) is 2.34. The average molecular weight is 170 g/mol. The molecule has 8 nitrogen and oxygen atoms in total. The monoisotopic (exact) mass is 170 g/mol. The predicted molar refractivity (Wildman–Crippen MR) is 37.8 cm³/mol. The number of hydrogen-bond acceptors (Lipinski definition) is 5. The van der Waals surface area contributed by atoms with E-state index < -0.39 is 11.9 Å². The van der Waals surface area contributed by atoms with Crippen molar-refractivity contribution >= 4 is 17.9 Å². The molecule has 1 rings (SSSR count). The maximum Gasteiger partial charge on any atom is 0.319 e. The van der Waals surface area contributed by atoms with E-state index >= 15 is 0 Å². The van der Waals surface area contributed by atoms with Crippen molar-refractivity contribution < 1.29 is 9.59 Å². The second-order valence-electron chi connectivity index (χ2n) is 1.86. The number of carbonyl (C=O) groups is 2. The summed E-state index contributed by atoms with van der Waals surface area (Å²) in [4.78, 5) is 24.5. The number of carbonyl (C=O) groups excluding carboxylic acids is 2. The number of urea groups is 1. The molecule has 1 aromatic heterocycles. The molecule has 0 saturated carbocycles. The zero-order chi connectivity index (χ0) is 9.14. The minimum absolute atomic E-state index is 0.0791. The summed E-state index contributed by atoms with van der Waals surface area (Å²) < 4.78 is 0. The van der Waals surface area contributed by atoms with E-state index in [9.17, 15) is 9.59 Å². The van der Waals surface area contributed by atoms with Gasteiger partial charge in [0.15, 0.2) is 0 Å². The van der Waals surface area contributed by atoms with Crippen molar-refractivity contribution in [3.05, 3.63) is 5.82 Å². The number of hydrogen-bond donors (Lipinski definition) is 4. The maximum absolute atomic E-state index is 10.9. The van der Waals surface area contributed by atoms with E-state index in [1.54, 1.807) is 5.32 Å². The first kappa shape index (κ1) is 7.98. The number of amides is 3. The lowest BCUT2D eigenvalue weighted by Crippen LogP contribution is -2.35. The normalized spacial score (nSPS) is 9.33. The second kappa shape index (κ2) is 2.86. The van der Waals surface area contributed by atoms with Gasteiger partial charge in [0, 0.05) is 0 Å². The van der Waals surface area contributed by atoms with Crippen LogP contribution in [-0.4, -0.2) is 27.1 Å². The van der Waals surface area contributed by atoms with E-state index in [4.69, 9.17) is 5.73 Å². The number of rotatable bonds is 1. The number of nitrogens with zero attached hydrogens (tertiary/aromatic N) is 2. The highest BCUT2D eigenvalue weighted by molar-refractivity contribution is 6.01. The van der Waals surface area contributed by atoms with Gasteiger partial charge in [-0.15, -0.1) is 5.10 Å². The van der Waals surface area contributed by atoms with Crippen LogP contribution in [0.2, 0.25) is 0 Å². The molecule has 0 radical (unpaired) electrons. The number of aromatic nitrogens is 3. The minimum Gasteiger partial charge on any atom is -0.366 e. The summed E-state index contributed by atoms with van der Waals surface area (Å²) in [5.74, 6) is -1.01. The molecule has 0 aliphatic rings. The summed E-state index contributed by atoms with van der Waals surface area (Å²) in [5.41, 5.74) is 9.77. The number of nitrogen functional groups attached to an aromatic ring is 1. The molecule has 12 heavy (non-hydrogen) atoms. The molecule has 0 saturated heterocycles. The third kappa shape index (κ3) is 1.68. The number of imide groups is 1. The van der Waals surface area contributed by atoms with Gasteiger partial charge >= 0.3 is 6.03 Å². The molecule has 6 N–H and O–H groups in total. The highest BCUT2D eigenvalue weighted by Crippen LogP contribution is 1.91. The topological polar surface area (TPSA) is 140 Å². The lowest BCUT2D eigenvalue weighted by atomic mass is 10.6. The van der Waals surface area contributed by atoms with Gasteiger partial charge in [-0.3, -0.25) is 15.2 Å². The van der Waals surface area contributed by atoms with Crippen LogP contribution in [-0.2, 0) is 0 Å². The Morgan fingerprint density at radius 3 is 2.58 bits per heavy atom. The largest absolute Gasteiger partial charge is 0.366 e. The van der Waals surface area contributed by atoms with Gasteiger partial charge in [0.25, 0.3) is 5.91 Å². The van der Waals surface area contributed by atoms with E-state index in [0.29, 0.717) is 0 Å². The van der Waals surface area contributed by atoms with Crippen molar-refractivity contribution in [3.63, 3.8) is 0 Å². The van der Waals surface area contributed by atoms with E-state index in [-0.39, 0.29) is 11.8 Å². The third-order valence-corrected chi connectivity index (χ3v) is 0.955. The number of primary amides is 1. The van der Waals surface area contributed by atoms with Gasteiger partial charge in [0.1, 0.15) is 0 Å². The van der Waals surface area contributed by atoms with Crippen molar-refractivity contribution in [2.24, 2.45) is 5.73 Å². The SMILES string of the molecule is NC(=O)NC(=O)c1nc(N)n[nH]1. The summed E-state index contributed by atoms with van der Waals surface area (Å²) in [7, 11) is 0. The Hall–Kier alpha value is -2.12. The van der Waals surface area contributed by atoms with Crippen LogP contribution in [0.5, 0.6) is 0 Å². The first-order valence-corrected chi connectivity index (χ1v) is 2.88. The van der Waals surface area contributed by atoms with Gasteiger partial charge in [0.2, 0.25) is 11.8 Å². The fourth-order valence-electron chi connectivity index (χ4n) is 0.547. The molecule has 8 heteroatoms. The molecule has 0 atom stereocenters. The second-order valence-corrected chi connectivity index (χ2v) is 1.86. The lowest BCUT2D eigenvalue weighted by molar-refractivity contribution is 0.0956. The summed E-state index contributed by atoms with van der Waals surface area (Å²) in [5, 5.41) is 7.36. The van der Waals surface area contributed by atoms with Crippen molar-refractivity contribution in [2.45, 2.75) is 0 Å².